The van der Waals surface area contributed by atoms with Crippen LogP contribution in [0.4, 0.5) is 0 Å². The summed E-state index contributed by atoms with van der Waals surface area (Å²) in [6.45, 7) is 0.313. The summed E-state index contributed by atoms with van der Waals surface area (Å²) in [4.78, 5) is 0. The molecule has 0 spiro atoms. The molecule has 4 heterocycles. The van der Waals surface area contributed by atoms with Crippen LogP contribution in [0.1, 0.15) is 45.4 Å². The average Bonchev–Trinajstić information content (AvgIpc) is 3.13. The van der Waals surface area contributed by atoms with Crippen molar-refractivity contribution in [1.29, 1.82) is 0 Å². The summed E-state index contributed by atoms with van der Waals surface area (Å²) in [7, 11) is 0. The fourth-order valence-corrected chi connectivity index (χ4v) is 8.55. The highest BCUT2D eigenvalue weighted by atomic mass is 16.7. The quantitative estimate of drug-likeness (QED) is 0.104. The molecule has 2 saturated carbocycles. The maximum absolute atomic E-state index is 11.3. The molecule has 0 aromatic heterocycles. The minimum atomic E-state index is -1.78. The van der Waals surface area contributed by atoms with Crippen LogP contribution in [0.5, 0.6) is 0 Å². The normalized spacial score (nSPS) is 55.4. The van der Waals surface area contributed by atoms with Gasteiger partial charge in [-0.3, -0.25) is 0 Å². The molecule has 6 rings (SSSR count). The first-order valence-electron chi connectivity index (χ1n) is 18.4. The first-order chi connectivity index (χ1) is 25.1. The first-order valence-corrected chi connectivity index (χ1v) is 18.4. The molecule has 6 aliphatic rings. The summed E-state index contributed by atoms with van der Waals surface area (Å²) in [5.74, 6) is -0.943. The predicted molar refractivity (Wildman–Crippen MR) is 170 cm³/mol. The number of aliphatic hydroxyl groups excluding tert-OH is 13. The molecule has 2 aliphatic carbocycles. The van der Waals surface area contributed by atoms with Gasteiger partial charge in [0.15, 0.2) is 18.9 Å². The van der Waals surface area contributed by atoms with Crippen LogP contribution in [-0.4, -0.2) is 214 Å². The summed E-state index contributed by atoms with van der Waals surface area (Å²) in [6, 6.07) is 0. The highest BCUT2D eigenvalue weighted by Crippen LogP contribution is 2.44. The zero-order chi connectivity index (χ0) is 38.5. The third-order valence-electron chi connectivity index (χ3n) is 11.8. The second-order valence-corrected chi connectivity index (χ2v) is 15.4. The van der Waals surface area contributed by atoms with E-state index >= 15 is 0 Å². The maximum Gasteiger partial charge on any atom is 0.187 e. The lowest BCUT2D eigenvalue weighted by Gasteiger charge is -2.52. The Hall–Kier alpha value is -0.800. The molecule has 4 saturated heterocycles. The van der Waals surface area contributed by atoms with E-state index in [1.165, 1.54) is 6.92 Å². The van der Waals surface area contributed by atoms with Crippen LogP contribution in [0.25, 0.3) is 0 Å². The van der Waals surface area contributed by atoms with Gasteiger partial charge in [0.1, 0.15) is 67.1 Å². The Bertz CT molecular complexity index is 1170. The van der Waals surface area contributed by atoms with Crippen molar-refractivity contribution < 1.29 is 99.5 Å². The molecular formula is C33H56O20. The number of aliphatic hydroxyl groups is 13. The van der Waals surface area contributed by atoms with Crippen molar-refractivity contribution in [1.82, 2.24) is 0 Å². The summed E-state index contributed by atoms with van der Waals surface area (Å²) in [6.07, 6.45) is -27.6. The molecule has 24 atom stereocenters. The van der Waals surface area contributed by atoms with Crippen molar-refractivity contribution in [2.75, 3.05) is 13.2 Å². The van der Waals surface area contributed by atoms with E-state index in [0.29, 0.717) is 6.42 Å². The van der Waals surface area contributed by atoms with Gasteiger partial charge in [-0.15, -0.1) is 0 Å². The van der Waals surface area contributed by atoms with Crippen LogP contribution in [0.2, 0.25) is 0 Å². The third-order valence-corrected chi connectivity index (χ3v) is 11.8. The molecule has 24 unspecified atom stereocenters. The molecule has 13 N–H and O–H groups in total. The minimum absolute atomic E-state index is 0.0393. The van der Waals surface area contributed by atoms with E-state index in [0.717, 1.165) is 0 Å². The first kappa shape index (κ1) is 41.8. The van der Waals surface area contributed by atoms with Crippen LogP contribution >= 0.6 is 0 Å². The molecule has 53 heavy (non-hydrogen) atoms. The lowest BCUT2D eigenvalue weighted by atomic mass is 9.72. The SMILES string of the molecule is CC1OC(OCC2OC(OC3CC4C(O)CC(OC5OC(CO)C(O)C(O)C5O)CC4OC3C3CCC(O)C(O)C3)C(O)C(O)C2O)C(O)C(O)C1O. The molecule has 0 aromatic carbocycles. The summed E-state index contributed by atoms with van der Waals surface area (Å²) in [5.41, 5.74) is 0. The van der Waals surface area contributed by atoms with Gasteiger partial charge >= 0.3 is 0 Å². The van der Waals surface area contributed by atoms with Crippen molar-refractivity contribution >= 4 is 0 Å². The third kappa shape index (κ3) is 8.72. The van der Waals surface area contributed by atoms with Crippen molar-refractivity contribution in [2.45, 2.75) is 180 Å². The summed E-state index contributed by atoms with van der Waals surface area (Å²) in [5, 5.41) is 136. The molecular weight excluding hydrogens is 716 g/mol. The van der Waals surface area contributed by atoms with Crippen LogP contribution in [0.15, 0.2) is 0 Å². The number of fused-ring (bicyclic) bond motifs is 1. The number of hydrogen-bond acceptors (Lipinski definition) is 20. The van der Waals surface area contributed by atoms with E-state index in [9.17, 15) is 66.4 Å². The Kier molecular flexibility index (Phi) is 13.7. The van der Waals surface area contributed by atoms with E-state index < -0.39 is 154 Å². The zero-order valence-corrected chi connectivity index (χ0v) is 29.2. The molecule has 6 fully saturated rings. The van der Waals surface area contributed by atoms with Gasteiger partial charge in [-0.1, -0.05) is 0 Å². The second-order valence-electron chi connectivity index (χ2n) is 15.4. The Morgan fingerprint density at radius 2 is 1.13 bits per heavy atom. The van der Waals surface area contributed by atoms with Crippen LogP contribution in [0.3, 0.4) is 0 Å². The highest BCUT2D eigenvalue weighted by molar-refractivity contribution is 5.00. The van der Waals surface area contributed by atoms with Crippen molar-refractivity contribution in [3.63, 3.8) is 0 Å². The maximum atomic E-state index is 11.3. The highest BCUT2D eigenvalue weighted by Gasteiger charge is 2.54. The van der Waals surface area contributed by atoms with Gasteiger partial charge in [-0.05, 0) is 38.5 Å². The Balaban J connectivity index is 1.15. The largest absolute Gasteiger partial charge is 0.394 e. The van der Waals surface area contributed by atoms with Gasteiger partial charge in [-0.2, -0.15) is 0 Å². The average molecular weight is 773 g/mol. The van der Waals surface area contributed by atoms with Gasteiger partial charge in [-0.25, -0.2) is 0 Å². The topological polar surface area (TPSA) is 328 Å². The standard InChI is InChI=1S/C33H56O20/c1-10-21(38)24(41)27(44)31(48-10)47-9-20-23(40)26(43)29(46)33(53-20)51-18-7-13-15(36)5-12(49-32-28(45)25(42)22(39)19(8-34)52-32)6-17(13)50-30(18)11-2-3-14(35)16(37)4-11/h10-46H,2-9H2,1H3. The molecule has 0 amide bonds. The molecule has 308 valence electrons. The fraction of sp³-hybridized carbons (Fsp3) is 1.00. The van der Waals surface area contributed by atoms with Gasteiger partial charge in [0.25, 0.3) is 0 Å². The van der Waals surface area contributed by atoms with Gasteiger partial charge in [0, 0.05) is 18.8 Å². The van der Waals surface area contributed by atoms with E-state index in [4.69, 9.17) is 33.2 Å². The number of hydrogen-bond donors (Lipinski definition) is 13. The van der Waals surface area contributed by atoms with Crippen molar-refractivity contribution in [3.05, 3.63) is 0 Å². The zero-order valence-electron chi connectivity index (χ0n) is 29.2. The molecule has 20 nitrogen and oxygen atoms in total. The Morgan fingerprint density at radius 1 is 0.528 bits per heavy atom. The summed E-state index contributed by atoms with van der Waals surface area (Å²) < 4.78 is 41.2. The van der Waals surface area contributed by atoms with Crippen LogP contribution < -0.4 is 0 Å². The number of ether oxygens (including phenoxy) is 7. The van der Waals surface area contributed by atoms with E-state index in [1.807, 2.05) is 0 Å². The molecule has 0 aromatic rings. The number of rotatable bonds is 9. The monoisotopic (exact) mass is 772 g/mol. The van der Waals surface area contributed by atoms with E-state index in [1.54, 1.807) is 0 Å². The predicted octanol–water partition coefficient (Wildman–Crippen LogP) is -6.34. The smallest absolute Gasteiger partial charge is 0.187 e. The van der Waals surface area contributed by atoms with Crippen molar-refractivity contribution in [2.24, 2.45) is 11.8 Å². The lowest BCUT2D eigenvalue weighted by molar-refractivity contribution is -0.348. The molecule has 4 aliphatic heterocycles. The fourth-order valence-electron chi connectivity index (χ4n) is 8.55. The molecule has 0 bridgehead atoms. The second kappa shape index (κ2) is 17.4. The van der Waals surface area contributed by atoms with Crippen molar-refractivity contribution in [3.8, 4) is 0 Å². The minimum Gasteiger partial charge on any atom is -0.394 e. The van der Waals surface area contributed by atoms with E-state index in [-0.39, 0.29) is 38.0 Å². The lowest BCUT2D eigenvalue weighted by Crippen LogP contribution is -2.63. The van der Waals surface area contributed by atoms with E-state index in [2.05, 4.69) is 0 Å². The Labute approximate surface area is 305 Å². The molecule has 20 heteroatoms. The van der Waals surface area contributed by atoms with Gasteiger partial charge < -0.3 is 99.5 Å². The molecule has 0 radical (unpaired) electrons. The van der Waals surface area contributed by atoms with Crippen LogP contribution in [-0.2, 0) is 33.2 Å². The van der Waals surface area contributed by atoms with Gasteiger partial charge in [0.05, 0.1) is 62.0 Å². The van der Waals surface area contributed by atoms with Gasteiger partial charge in [0.2, 0.25) is 0 Å². The van der Waals surface area contributed by atoms with Crippen LogP contribution in [0, 0.1) is 11.8 Å². The Morgan fingerprint density at radius 3 is 1.79 bits per heavy atom. The summed E-state index contributed by atoms with van der Waals surface area (Å²) >= 11 is 0.